The maximum atomic E-state index is 5.72. The van der Waals surface area contributed by atoms with Gasteiger partial charge >= 0.3 is 0 Å². The number of pyridine rings is 1. The van der Waals surface area contributed by atoms with Crippen molar-refractivity contribution in [2.75, 3.05) is 13.2 Å². The van der Waals surface area contributed by atoms with Crippen LogP contribution in [0.2, 0.25) is 0 Å². The van der Waals surface area contributed by atoms with E-state index in [2.05, 4.69) is 29.1 Å². The topological polar surface area (TPSA) is 34.1 Å². The van der Waals surface area contributed by atoms with Gasteiger partial charge in [0.1, 0.15) is 12.4 Å². The molecule has 0 radical (unpaired) electrons. The molecule has 1 saturated heterocycles. The molecule has 2 rings (SSSR count). The Kier molecular flexibility index (Phi) is 6.40. The molecule has 1 aromatic rings. The predicted octanol–water partition coefficient (Wildman–Crippen LogP) is 3.14. The Balaban J connectivity index is 1.75. The first-order valence-corrected chi connectivity index (χ1v) is 7.68. The summed E-state index contributed by atoms with van der Waals surface area (Å²) in [6, 6.07) is 2.48. The molecular formula is C17H24N2O. The molecule has 0 amide bonds. The summed E-state index contributed by atoms with van der Waals surface area (Å²) < 4.78 is 5.72. The SMILES string of the molecule is CCCCCCC#Cc1cncc(OC[C@@H]2CCN2)c1. The van der Waals surface area contributed by atoms with Crippen molar-refractivity contribution in [3.63, 3.8) is 0 Å². The average molecular weight is 272 g/mol. The van der Waals surface area contributed by atoms with Gasteiger partial charge in [-0.25, -0.2) is 0 Å². The first kappa shape index (κ1) is 14.9. The highest BCUT2D eigenvalue weighted by Crippen LogP contribution is 2.12. The molecule has 1 fully saturated rings. The van der Waals surface area contributed by atoms with Gasteiger partial charge in [-0.1, -0.05) is 38.0 Å². The van der Waals surface area contributed by atoms with Crippen molar-refractivity contribution in [2.24, 2.45) is 0 Å². The van der Waals surface area contributed by atoms with Gasteiger partial charge in [-0.15, -0.1) is 0 Å². The number of unbranched alkanes of at least 4 members (excludes halogenated alkanes) is 4. The van der Waals surface area contributed by atoms with Crippen LogP contribution in [-0.4, -0.2) is 24.2 Å². The lowest BCUT2D eigenvalue weighted by atomic mass is 10.1. The molecule has 108 valence electrons. The van der Waals surface area contributed by atoms with E-state index < -0.39 is 0 Å². The Labute approximate surface area is 122 Å². The third kappa shape index (κ3) is 5.22. The number of rotatable bonds is 7. The molecule has 1 N–H and O–H groups in total. The van der Waals surface area contributed by atoms with Crippen molar-refractivity contribution in [2.45, 2.75) is 51.5 Å². The van der Waals surface area contributed by atoms with Crippen LogP contribution < -0.4 is 10.1 Å². The van der Waals surface area contributed by atoms with Crippen LogP contribution in [0.1, 0.15) is 51.0 Å². The third-order valence-electron chi connectivity index (χ3n) is 3.48. The molecule has 0 saturated carbocycles. The van der Waals surface area contributed by atoms with Crippen molar-refractivity contribution in [1.82, 2.24) is 10.3 Å². The Morgan fingerprint density at radius 3 is 3.00 bits per heavy atom. The zero-order chi connectivity index (χ0) is 14.0. The van der Waals surface area contributed by atoms with Crippen molar-refractivity contribution in [1.29, 1.82) is 0 Å². The van der Waals surface area contributed by atoms with E-state index in [1.165, 1.54) is 32.1 Å². The predicted molar refractivity (Wildman–Crippen MR) is 81.8 cm³/mol. The van der Waals surface area contributed by atoms with Gasteiger partial charge in [-0.3, -0.25) is 4.98 Å². The zero-order valence-corrected chi connectivity index (χ0v) is 12.3. The molecule has 20 heavy (non-hydrogen) atoms. The van der Waals surface area contributed by atoms with Gasteiger partial charge in [0.25, 0.3) is 0 Å². The van der Waals surface area contributed by atoms with Crippen LogP contribution in [0.15, 0.2) is 18.5 Å². The second kappa shape index (κ2) is 8.60. The van der Waals surface area contributed by atoms with Gasteiger partial charge in [-0.2, -0.15) is 0 Å². The highest BCUT2D eigenvalue weighted by Gasteiger charge is 2.16. The van der Waals surface area contributed by atoms with E-state index in [9.17, 15) is 0 Å². The van der Waals surface area contributed by atoms with Crippen molar-refractivity contribution >= 4 is 0 Å². The second-order valence-electron chi connectivity index (χ2n) is 5.27. The minimum absolute atomic E-state index is 0.503. The molecule has 0 unspecified atom stereocenters. The largest absolute Gasteiger partial charge is 0.490 e. The number of hydrogen-bond acceptors (Lipinski definition) is 3. The normalized spacial score (nSPS) is 16.9. The van der Waals surface area contributed by atoms with E-state index in [1.54, 1.807) is 12.4 Å². The summed E-state index contributed by atoms with van der Waals surface area (Å²) in [6.07, 6.45) is 10.8. The molecule has 3 nitrogen and oxygen atoms in total. The number of aromatic nitrogens is 1. The number of ether oxygens (including phenoxy) is 1. The molecule has 0 aromatic carbocycles. The van der Waals surface area contributed by atoms with Crippen molar-refractivity contribution < 1.29 is 4.74 Å². The van der Waals surface area contributed by atoms with E-state index in [0.29, 0.717) is 6.04 Å². The average Bonchev–Trinajstić information content (AvgIpc) is 2.41. The Hall–Kier alpha value is -1.53. The lowest BCUT2D eigenvalue weighted by Crippen LogP contribution is -2.46. The summed E-state index contributed by atoms with van der Waals surface area (Å²) in [6.45, 7) is 4.05. The minimum Gasteiger partial charge on any atom is -0.490 e. The van der Waals surface area contributed by atoms with Crippen LogP contribution in [0.5, 0.6) is 5.75 Å². The molecule has 0 bridgehead atoms. The highest BCUT2D eigenvalue weighted by molar-refractivity contribution is 5.36. The summed E-state index contributed by atoms with van der Waals surface area (Å²) in [5.41, 5.74) is 0.944. The van der Waals surface area contributed by atoms with Crippen molar-refractivity contribution in [3.8, 4) is 17.6 Å². The molecule has 1 aliphatic heterocycles. The van der Waals surface area contributed by atoms with E-state index >= 15 is 0 Å². The molecule has 2 heterocycles. The van der Waals surface area contributed by atoms with Crippen LogP contribution in [0.25, 0.3) is 0 Å². The smallest absolute Gasteiger partial charge is 0.138 e. The molecule has 1 aliphatic rings. The lowest BCUT2D eigenvalue weighted by Gasteiger charge is -2.27. The Bertz CT molecular complexity index is 458. The zero-order valence-electron chi connectivity index (χ0n) is 12.3. The van der Waals surface area contributed by atoms with E-state index in [0.717, 1.165) is 30.9 Å². The monoisotopic (exact) mass is 272 g/mol. The van der Waals surface area contributed by atoms with Gasteiger partial charge in [0.15, 0.2) is 0 Å². The fourth-order valence-corrected chi connectivity index (χ4v) is 2.06. The summed E-state index contributed by atoms with van der Waals surface area (Å²) in [5, 5.41) is 3.32. The van der Waals surface area contributed by atoms with Crippen LogP contribution in [0.4, 0.5) is 0 Å². The van der Waals surface area contributed by atoms with Gasteiger partial charge in [0, 0.05) is 24.2 Å². The summed E-state index contributed by atoms with van der Waals surface area (Å²) in [4.78, 5) is 4.19. The number of hydrogen-bond donors (Lipinski definition) is 1. The summed E-state index contributed by atoms with van der Waals surface area (Å²) in [7, 11) is 0. The molecule has 1 atom stereocenters. The standard InChI is InChI=1S/C17H24N2O/c1-2-3-4-5-6-7-8-15-11-17(13-18-12-15)20-14-16-9-10-19-16/h11-13,16,19H,2-6,9-10,14H2,1H3/t16-/m0/s1. The van der Waals surface area contributed by atoms with Gasteiger partial charge in [0.05, 0.1) is 6.20 Å². The van der Waals surface area contributed by atoms with E-state index in [-0.39, 0.29) is 0 Å². The molecule has 0 spiro atoms. The van der Waals surface area contributed by atoms with Crippen molar-refractivity contribution in [3.05, 3.63) is 24.0 Å². The van der Waals surface area contributed by atoms with E-state index in [4.69, 9.17) is 4.74 Å². The van der Waals surface area contributed by atoms with Gasteiger partial charge in [0.2, 0.25) is 0 Å². The summed E-state index contributed by atoms with van der Waals surface area (Å²) in [5.74, 6) is 7.20. The first-order chi connectivity index (χ1) is 9.88. The number of nitrogens with zero attached hydrogens (tertiary/aromatic N) is 1. The molecule has 0 aliphatic carbocycles. The fourth-order valence-electron chi connectivity index (χ4n) is 2.06. The quantitative estimate of drug-likeness (QED) is 0.611. The molecular weight excluding hydrogens is 248 g/mol. The highest BCUT2D eigenvalue weighted by atomic mass is 16.5. The lowest BCUT2D eigenvalue weighted by molar-refractivity contribution is 0.217. The van der Waals surface area contributed by atoms with Gasteiger partial charge < -0.3 is 10.1 Å². The maximum absolute atomic E-state index is 5.72. The minimum atomic E-state index is 0.503. The van der Waals surface area contributed by atoms with E-state index in [1.807, 2.05) is 6.07 Å². The summed E-state index contributed by atoms with van der Waals surface area (Å²) >= 11 is 0. The number of nitrogens with one attached hydrogen (secondary N) is 1. The molecule has 3 heteroatoms. The van der Waals surface area contributed by atoms with Crippen LogP contribution in [-0.2, 0) is 0 Å². The third-order valence-corrected chi connectivity index (χ3v) is 3.48. The maximum Gasteiger partial charge on any atom is 0.138 e. The Morgan fingerprint density at radius 1 is 1.35 bits per heavy atom. The molecule has 1 aromatic heterocycles. The Morgan fingerprint density at radius 2 is 2.25 bits per heavy atom. The first-order valence-electron chi connectivity index (χ1n) is 7.68. The van der Waals surface area contributed by atoms with Crippen LogP contribution in [0, 0.1) is 11.8 Å². The second-order valence-corrected chi connectivity index (χ2v) is 5.27. The van der Waals surface area contributed by atoms with Crippen LogP contribution in [0.3, 0.4) is 0 Å². The van der Waals surface area contributed by atoms with Gasteiger partial charge in [-0.05, 0) is 25.5 Å². The fraction of sp³-hybridized carbons (Fsp3) is 0.588. The van der Waals surface area contributed by atoms with Crippen LogP contribution >= 0.6 is 0 Å².